The highest BCUT2D eigenvalue weighted by atomic mass is 32.2. The second-order valence-corrected chi connectivity index (χ2v) is 11.7. The number of sulfonamides is 1. The number of H-pyrrole nitrogens is 2. The van der Waals surface area contributed by atoms with Gasteiger partial charge in [0.15, 0.2) is 16.6 Å². The summed E-state index contributed by atoms with van der Waals surface area (Å²) >= 11 is 5.64. The van der Waals surface area contributed by atoms with Crippen LogP contribution in [-0.4, -0.2) is 70.0 Å². The minimum atomic E-state index is -3.29. The minimum Gasteiger partial charge on any atom is -0.504 e. The van der Waals surface area contributed by atoms with E-state index in [1.165, 1.54) is 6.07 Å². The number of aromatic amines is 2. The van der Waals surface area contributed by atoms with Crippen molar-refractivity contribution in [1.29, 1.82) is 0 Å². The summed E-state index contributed by atoms with van der Waals surface area (Å²) < 4.78 is 26.9. The number of nitrogens with zero attached hydrogens (tertiary/aromatic N) is 3. The normalized spacial score (nSPS) is 16.3. The summed E-state index contributed by atoms with van der Waals surface area (Å²) in [6.45, 7) is 2.79. The smallest absolute Gasteiger partial charge is 0.235 e. The fourth-order valence-corrected chi connectivity index (χ4v) is 6.29. The largest absolute Gasteiger partial charge is 0.504 e. The standard InChI is InChI=1S/C24H25N7O4S2/c32-19-11-17-18(12-20(19)33)28-22-21(17)23(26-13-25-22)30-7-9-31(10-8-30)24(36)27-14-1-3-15(4-2-14)29-37(34,35)16-5-6-16/h1-4,11-13,16,29,32-33H,5-10H2,(H,27,36)(H,25,26,28)/p+1. The third-order valence-electron chi connectivity index (χ3n) is 6.75. The van der Waals surface area contributed by atoms with Crippen LogP contribution in [0.5, 0.6) is 11.5 Å². The number of piperazine rings is 1. The van der Waals surface area contributed by atoms with Crippen LogP contribution >= 0.6 is 12.2 Å². The van der Waals surface area contributed by atoms with Crippen LogP contribution in [0.3, 0.4) is 0 Å². The second-order valence-electron chi connectivity index (χ2n) is 9.31. The molecule has 2 fully saturated rings. The minimum absolute atomic E-state index is 0.183. The van der Waals surface area contributed by atoms with Crippen LogP contribution in [0.2, 0.25) is 0 Å². The van der Waals surface area contributed by atoms with E-state index in [-0.39, 0.29) is 16.7 Å². The highest BCUT2D eigenvalue weighted by Gasteiger charge is 2.35. The lowest BCUT2D eigenvalue weighted by atomic mass is 10.1. The van der Waals surface area contributed by atoms with E-state index >= 15 is 0 Å². The third kappa shape index (κ3) is 4.55. The number of fused-ring (bicyclic) bond motifs is 3. The van der Waals surface area contributed by atoms with Gasteiger partial charge in [0, 0.05) is 22.8 Å². The van der Waals surface area contributed by atoms with Crippen LogP contribution in [0.25, 0.3) is 21.9 Å². The number of aromatic hydroxyl groups is 2. The average molecular weight is 541 g/mol. The highest BCUT2D eigenvalue weighted by molar-refractivity contribution is 7.93. The van der Waals surface area contributed by atoms with Crippen LogP contribution in [-0.2, 0) is 10.0 Å². The molecule has 2 aromatic heterocycles. The summed E-state index contributed by atoms with van der Waals surface area (Å²) in [5.74, 6) is 0.510. The summed E-state index contributed by atoms with van der Waals surface area (Å²) in [7, 11) is -3.29. The Hall–Kier alpha value is -3.84. The van der Waals surface area contributed by atoms with Crippen molar-refractivity contribution in [3.8, 4) is 11.5 Å². The molecule has 192 valence electrons. The third-order valence-corrected chi connectivity index (χ3v) is 8.98. The zero-order chi connectivity index (χ0) is 25.7. The Bertz CT molecular complexity index is 1610. The molecule has 0 spiro atoms. The summed E-state index contributed by atoms with van der Waals surface area (Å²) in [6.07, 6.45) is 3.06. The summed E-state index contributed by atoms with van der Waals surface area (Å²) in [4.78, 5) is 15.1. The summed E-state index contributed by atoms with van der Waals surface area (Å²) in [5.41, 5.74) is 2.68. The molecule has 6 N–H and O–H groups in total. The maximum Gasteiger partial charge on any atom is 0.235 e. The Morgan fingerprint density at radius 2 is 1.73 bits per heavy atom. The Kier molecular flexibility index (Phi) is 5.68. The van der Waals surface area contributed by atoms with Crippen molar-refractivity contribution in [2.24, 2.45) is 0 Å². The van der Waals surface area contributed by atoms with E-state index < -0.39 is 10.0 Å². The molecular formula is C24H26N7O4S2+. The van der Waals surface area contributed by atoms with Gasteiger partial charge in [0.05, 0.1) is 36.9 Å². The van der Waals surface area contributed by atoms with Crippen molar-refractivity contribution >= 4 is 66.5 Å². The van der Waals surface area contributed by atoms with Gasteiger partial charge >= 0.3 is 0 Å². The van der Waals surface area contributed by atoms with E-state index in [4.69, 9.17) is 12.2 Å². The predicted octanol–water partition coefficient (Wildman–Crippen LogP) is 2.36. The molecule has 6 rings (SSSR count). The maximum atomic E-state index is 12.1. The maximum absolute atomic E-state index is 12.1. The lowest BCUT2D eigenvalue weighted by Crippen LogP contribution is -2.51. The molecule has 0 atom stereocenters. The van der Waals surface area contributed by atoms with E-state index in [9.17, 15) is 18.6 Å². The number of nitrogens with one attached hydrogen (secondary N) is 4. The van der Waals surface area contributed by atoms with E-state index in [2.05, 4.69) is 34.8 Å². The van der Waals surface area contributed by atoms with Gasteiger partial charge in [0.25, 0.3) is 0 Å². The average Bonchev–Trinajstić information content (AvgIpc) is 3.69. The molecule has 4 aromatic rings. The van der Waals surface area contributed by atoms with Gasteiger partial charge in [-0.15, -0.1) is 0 Å². The van der Waals surface area contributed by atoms with Gasteiger partial charge < -0.3 is 25.4 Å². The van der Waals surface area contributed by atoms with Gasteiger partial charge in [-0.3, -0.25) is 9.62 Å². The van der Waals surface area contributed by atoms with Crippen molar-refractivity contribution in [3.05, 3.63) is 42.7 Å². The molecule has 1 saturated heterocycles. The fraction of sp³-hybridized carbons (Fsp3) is 0.292. The zero-order valence-corrected chi connectivity index (χ0v) is 21.4. The predicted molar refractivity (Wildman–Crippen MR) is 145 cm³/mol. The number of thiocarbonyl (C=S) groups is 1. The van der Waals surface area contributed by atoms with Crippen LogP contribution in [0, 0.1) is 0 Å². The van der Waals surface area contributed by atoms with Gasteiger partial charge in [0.1, 0.15) is 5.39 Å². The van der Waals surface area contributed by atoms with Crippen LogP contribution in [0.4, 0.5) is 17.2 Å². The number of phenols is 2. The molecule has 0 bridgehead atoms. The monoisotopic (exact) mass is 540 g/mol. The van der Waals surface area contributed by atoms with Crippen molar-refractivity contribution in [2.45, 2.75) is 18.1 Å². The molecular weight excluding hydrogens is 514 g/mol. The van der Waals surface area contributed by atoms with Gasteiger partial charge in [-0.05, 0) is 55.4 Å². The number of hydrogen-bond donors (Lipinski definition) is 5. The molecule has 1 saturated carbocycles. The quantitative estimate of drug-likeness (QED) is 0.190. The molecule has 0 unspecified atom stereocenters. The summed E-state index contributed by atoms with van der Waals surface area (Å²) in [6, 6.07) is 10.1. The van der Waals surface area contributed by atoms with E-state index in [1.54, 1.807) is 36.7 Å². The molecule has 2 aliphatic rings. The first-order chi connectivity index (χ1) is 17.8. The van der Waals surface area contributed by atoms with Gasteiger partial charge in [-0.25, -0.2) is 13.4 Å². The van der Waals surface area contributed by atoms with Crippen LogP contribution < -0.4 is 19.9 Å². The number of phenolic OH excluding ortho intramolecular Hbond substituents is 2. The first-order valence-corrected chi connectivity index (χ1v) is 13.9. The number of aromatic nitrogens is 3. The SMILES string of the molecule is O=S(=O)(Nc1ccc(NC(=S)N2CCN(c3[nH+]cnc4[nH]c5cc(O)c(O)cc5c34)CC2)cc1)C1CC1. The molecule has 13 heteroatoms. The lowest BCUT2D eigenvalue weighted by molar-refractivity contribution is -0.367. The Morgan fingerprint density at radius 1 is 1.05 bits per heavy atom. The van der Waals surface area contributed by atoms with E-state index in [0.29, 0.717) is 48.1 Å². The first-order valence-electron chi connectivity index (χ1n) is 11.9. The fourth-order valence-electron chi connectivity index (χ4n) is 4.60. The van der Waals surface area contributed by atoms with Gasteiger partial charge in [-0.1, -0.05) is 4.98 Å². The molecule has 1 aliphatic heterocycles. The number of anilines is 3. The van der Waals surface area contributed by atoms with Crippen LogP contribution in [0.1, 0.15) is 12.8 Å². The Labute approximate surface area is 218 Å². The zero-order valence-electron chi connectivity index (χ0n) is 19.7. The van der Waals surface area contributed by atoms with Gasteiger partial charge in [-0.2, -0.15) is 0 Å². The van der Waals surface area contributed by atoms with Crippen LogP contribution in [0.15, 0.2) is 42.7 Å². The molecule has 0 amide bonds. The molecule has 37 heavy (non-hydrogen) atoms. The second kappa shape index (κ2) is 8.92. The number of hydrogen-bond acceptors (Lipinski definition) is 7. The Morgan fingerprint density at radius 3 is 2.43 bits per heavy atom. The van der Waals surface area contributed by atoms with Crippen molar-refractivity contribution < 1.29 is 23.6 Å². The Balaban J connectivity index is 1.12. The van der Waals surface area contributed by atoms with E-state index in [0.717, 1.165) is 35.1 Å². The van der Waals surface area contributed by atoms with E-state index in [1.807, 2.05) is 0 Å². The summed E-state index contributed by atoms with van der Waals surface area (Å²) in [5, 5.41) is 25.1. The molecule has 3 heterocycles. The molecule has 1 aliphatic carbocycles. The topological polar surface area (TPSA) is 148 Å². The molecule has 0 radical (unpaired) electrons. The molecule has 2 aromatic carbocycles. The first kappa shape index (κ1) is 23.6. The van der Waals surface area contributed by atoms with Gasteiger partial charge in [0.2, 0.25) is 27.8 Å². The van der Waals surface area contributed by atoms with Crippen molar-refractivity contribution in [3.63, 3.8) is 0 Å². The van der Waals surface area contributed by atoms with Crippen molar-refractivity contribution in [1.82, 2.24) is 14.9 Å². The number of benzene rings is 2. The number of rotatable bonds is 5. The lowest BCUT2D eigenvalue weighted by Gasteiger charge is -2.34. The van der Waals surface area contributed by atoms with Crippen molar-refractivity contribution in [2.75, 3.05) is 41.1 Å². The highest BCUT2D eigenvalue weighted by Crippen LogP contribution is 2.36. The molecule has 11 nitrogen and oxygen atoms in total.